The molecule has 4 heteroatoms. The van der Waals surface area contributed by atoms with Gasteiger partial charge in [-0.25, -0.2) is 15.0 Å². The number of fused-ring (bicyclic) bond motifs is 1. The average Bonchev–Trinajstić information content (AvgIpc) is 3.46. The Bertz CT molecular complexity index is 1840. The van der Waals surface area contributed by atoms with Gasteiger partial charge in [0.05, 0.1) is 11.4 Å². The van der Waals surface area contributed by atoms with Gasteiger partial charge in [-0.3, -0.25) is 0 Å². The van der Waals surface area contributed by atoms with E-state index in [0.717, 1.165) is 55.9 Å². The Labute approximate surface area is 226 Å². The highest BCUT2D eigenvalue weighted by atomic mass is 16.3. The summed E-state index contributed by atoms with van der Waals surface area (Å²) in [4.78, 5) is 14.6. The van der Waals surface area contributed by atoms with E-state index in [9.17, 15) is 0 Å². The van der Waals surface area contributed by atoms with Crippen LogP contribution in [0.4, 0.5) is 0 Å². The lowest BCUT2D eigenvalue weighted by atomic mass is 10.0. The lowest BCUT2D eigenvalue weighted by Crippen LogP contribution is -1.96. The fourth-order valence-electron chi connectivity index (χ4n) is 4.73. The van der Waals surface area contributed by atoms with Crippen molar-refractivity contribution in [1.82, 2.24) is 15.0 Å². The molecule has 7 rings (SSSR count). The number of nitrogens with zero attached hydrogens (tertiary/aromatic N) is 3. The maximum absolute atomic E-state index is 6.13. The van der Waals surface area contributed by atoms with Crippen LogP contribution in [0.5, 0.6) is 0 Å². The minimum atomic E-state index is 0.624. The lowest BCUT2D eigenvalue weighted by molar-refractivity contribution is 0.620. The van der Waals surface area contributed by atoms with Crippen molar-refractivity contribution in [2.75, 3.05) is 0 Å². The molecule has 7 aromatic rings. The molecule has 0 unspecified atom stereocenters. The lowest BCUT2D eigenvalue weighted by Gasteiger charge is -2.10. The molecule has 0 amide bonds. The third-order valence-corrected chi connectivity index (χ3v) is 6.73. The predicted molar refractivity (Wildman–Crippen MR) is 157 cm³/mol. The molecule has 0 radical (unpaired) electrons. The summed E-state index contributed by atoms with van der Waals surface area (Å²) in [6.45, 7) is 0. The van der Waals surface area contributed by atoms with Gasteiger partial charge in [0.15, 0.2) is 11.4 Å². The molecule has 0 N–H and O–H groups in total. The number of hydrogen-bond acceptors (Lipinski definition) is 4. The first-order chi connectivity index (χ1) is 19.3. The third-order valence-electron chi connectivity index (χ3n) is 6.73. The monoisotopic (exact) mass is 501 g/mol. The highest BCUT2D eigenvalue weighted by Gasteiger charge is 2.13. The van der Waals surface area contributed by atoms with Crippen LogP contribution in [-0.2, 0) is 0 Å². The molecular weight excluding hydrogens is 478 g/mol. The van der Waals surface area contributed by atoms with Crippen LogP contribution in [-0.4, -0.2) is 15.0 Å². The van der Waals surface area contributed by atoms with Crippen molar-refractivity contribution in [2.45, 2.75) is 0 Å². The summed E-state index contributed by atoms with van der Waals surface area (Å²) in [5.41, 5.74) is 9.52. The second-order valence-electron chi connectivity index (χ2n) is 9.34. The number of hydrogen-bond donors (Lipinski definition) is 0. The Morgan fingerprint density at radius 2 is 0.949 bits per heavy atom. The van der Waals surface area contributed by atoms with E-state index in [2.05, 4.69) is 59.6 Å². The number of aromatic nitrogens is 3. The Hall–Kier alpha value is -5.35. The van der Waals surface area contributed by atoms with Crippen LogP contribution >= 0.6 is 0 Å². The van der Waals surface area contributed by atoms with E-state index in [1.54, 1.807) is 0 Å². The van der Waals surface area contributed by atoms with Gasteiger partial charge in [-0.05, 0) is 47.5 Å². The maximum Gasteiger partial charge on any atom is 0.227 e. The van der Waals surface area contributed by atoms with E-state index >= 15 is 0 Å². The van der Waals surface area contributed by atoms with Gasteiger partial charge in [-0.1, -0.05) is 103 Å². The van der Waals surface area contributed by atoms with Crippen molar-refractivity contribution in [3.63, 3.8) is 0 Å². The maximum atomic E-state index is 6.13. The zero-order chi connectivity index (χ0) is 26.0. The predicted octanol–water partition coefficient (Wildman–Crippen LogP) is 8.95. The van der Waals surface area contributed by atoms with Crippen LogP contribution in [0, 0.1) is 0 Å². The Morgan fingerprint density at radius 1 is 0.385 bits per heavy atom. The van der Waals surface area contributed by atoms with E-state index in [-0.39, 0.29) is 0 Å². The highest BCUT2D eigenvalue weighted by Crippen LogP contribution is 2.32. The summed E-state index contributed by atoms with van der Waals surface area (Å²) in [7, 11) is 0. The third kappa shape index (κ3) is 4.60. The SMILES string of the molecule is c1ccc(-c2cc(-c3cccc(-c4ccc5nc(-c6ccccc6)oc5c4)c3)nc(-c3ccccc3)n2)cc1. The zero-order valence-electron chi connectivity index (χ0n) is 21.0. The normalized spacial score (nSPS) is 11.1. The van der Waals surface area contributed by atoms with Crippen molar-refractivity contribution in [2.24, 2.45) is 0 Å². The van der Waals surface area contributed by atoms with E-state index in [0.29, 0.717) is 11.7 Å². The molecule has 0 aliphatic heterocycles. The first-order valence-electron chi connectivity index (χ1n) is 12.9. The van der Waals surface area contributed by atoms with Gasteiger partial charge in [0.1, 0.15) is 5.52 Å². The fourth-order valence-corrected chi connectivity index (χ4v) is 4.73. The quantitative estimate of drug-likeness (QED) is 0.236. The van der Waals surface area contributed by atoms with Crippen molar-refractivity contribution in [1.29, 1.82) is 0 Å². The van der Waals surface area contributed by atoms with Gasteiger partial charge in [-0.2, -0.15) is 0 Å². The van der Waals surface area contributed by atoms with Gasteiger partial charge in [0.2, 0.25) is 5.89 Å². The fraction of sp³-hybridized carbons (Fsp3) is 0. The number of benzene rings is 5. The van der Waals surface area contributed by atoms with Crippen molar-refractivity contribution in [3.05, 3.63) is 140 Å². The summed E-state index contributed by atoms with van der Waals surface area (Å²) >= 11 is 0. The molecule has 0 atom stereocenters. The van der Waals surface area contributed by atoms with Crippen molar-refractivity contribution in [3.8, 4) is 56.5 Å². The first-order valence-corrected chi connectivity index (χ1v) is 12.9. The summed E-state index contributed by atoms with van der Waals surface area (Å²) in [6, 6.07) is 47.0. The summed E-state index contributed by atoms with van der Waals surface area (Å²) in [5, 5.41) is 0. The molecule has 2 aromatic heterocycles. The average molecular weight is 502 g/mol. The van der Waals surface area contributed by atoms with E-state index in [1.807, 2.05) is 84.9 Å². The molecule has 0 aliphatic rings. The molecule has 0 aliphatic carbocycles. The molecule has 39 heavy (non-hydrogen) atoms. The van der Waals surface area contributed by atoms with Crippen molar-refractivity contribution < 1.29 is 4.42 Å². The van der Waals surface area contributed by atoms with Gasteiger partial charge in [0, 0.05) is 22.3 Å². The van der Waals surface area contributed by atoms with E-state index < -0.39 is 0 Å². The smallest absolute Gasteiger partial charge is 0.227 e. The molecular formula is C35H23N3O. The van der Waals surface area contributed by atoms with Crippen LogP contribution in [0.25, 0.3) is 67.6 Å². The Morgan fingerprint density at radius 3 is 1.67 bits per heavy atom. The largest absolute Gasteiger partial charge is 0.436 e. The van der Waals surface area contributed by atoms with E-state index in [1.165, 1.54) is 0 Å². The molecule has 0 saturated heterocycles. The first kappa shape index (κ1) is 22.8. The molecule has 4 nitrogen and oxygen atoms in total. The van der Waals surface area contributed by atoms with Crippen LogP contribution in [0.15, 0.2) is 144 Å². The number of rotatable bonds is 5. The van der Waals surface area contributed by atoms with Crippen LogP contribution in [0.3, 0.4) is 0 Å². The minimum absolute atomic E-state index is 0.624. The van der Waals surface area contributed by atoms with Crippen LogP contribution < -0.4 is 0 Å². The Balaban J connectivity index is 1.31. The summed E-state index contributed by atoms with van der Waals surface area (Å²) < 4.78 is 6.13. The standard InChI is InChI=1S/C35H23N3O/c1-4-11-24(12-5-1)31-23-32(37-34(36-31)25-13-6-2-7-14-25)29-18-10-17-27(21-29)28-19-20-30-33(22-28)39-35(38-30)26-15-8-3-9-16-26/h1-23H. The molecule has 0 saturated carbocycles. The molecule has 0 spiro atoms. The Kier molecular flexibility index (Phi) is 5.76. The second-order valence-corrected chi connectivity index (χ2v) is 9.34. The van der Waals surface area contributed by atoms with Crippen LogP contribution in [0.2, 0.25) is 0 Å². The molecule has 0 bridgehead atoms. The number of oxazole rings is 1. The van der Waals surface area contributed by atoms with Gasteiger partial charge in [0.25, 0.3) is 0 Å². The second kappa shape index (κ2) is 9.84. The van der Waals surface area contributed by atoms with Crippen molar-refractivity contribution >= 4 is 11.1 Å². The molecule has 5 aromatic carbocycles. The zero-order valence-corrected chi connectivity index (χ0v) is 21.0. The summed E-state index contributed by atoms with van der Waals surface area (Å²) in [6.07, 6.45) is 0. The van der Waals surface area contributed by atoms with Gasteiger partial charge < -0.3 is 4.42 Å². The van der Waals surface area contributed by atoms with Gasteiger partial charge in [-0.15, -0.1) is 0 Å². The summed E-state index contributed by atoms with van der Waals surface area (Å²) in [5.74, 6) is 1.33. The topological polar surface area (TPSA) is 51.8 Å². The highest BCUT2D eigenvalue weighted by molar-refractivity contribution is 5.83. The van der Waals surface area contributed by atoms with Crippen LogP contribution in [0.1, 0.15) is 0 Å². The molecule has 2 heterocycles. The molecule has 184 valence electrons. The minimum Gasteiger partial charge on any atom is -0.436 e. The van der Waals surface area contributed by atoms with Gasteiger partial charge >= 0.3 is 0 Å². The van der Waals surface area contributed by atoms with E-state index in [4.69, 9.17) is 14.4 Å². The molecule has 0 fully saturated rings.